The second-order valence-corrected chi connectivity index (χ2v) is 4.92. The Labute approximate surface area is 105 Å². The summed E-state index contributed by atoms with van der Waals surface area (Å²) in [5, 5.41) is 9.12. The van der Waals surface area contributed by atoms with E-state index in [4.69, 9.17) is 5.11 Å². The molecule has 1 aromatic rings. The average molecular weight is 254 g/mol. The van der Waals surface area contributed by atoms with Gasteiger partial charge in [0.1, 0.15) is 0 Å². The number of carbonyl (C=O) groups is 1. The molecule has 18 heavy (non-hydrogen) atoms. The van der Waals surface area contributed by atoms with Crippen LogP contribution in [0.1, 0.15) is 43.7 Å². The molecule has 0 aliphatic heterocycles. The van der Waals surface area contributed by atoms with Crippen molar-refractivity contribution in [2.24, 2.45) is 0 Å². The lowest BCUT2D eigenvalue weighted by molar-refractivity contribution is -0.140. The van der Waals surface area contributed by atoms with Crippen molar-refractivity contribution in [1.29, 1.82) is 0 Å². The predicted molar refractivity (Wildman–Crippen MR) is 63.8 cm³/mol. The SMILES string of the molecule is CCCC(F)(F)c1ccc(C2(C(=O)O)CC2)cc1. The van der Waals surface area contributed by atoms with Gasteiger partial charge in [-0.1, -0.05) is 37.6 Å². The minimum absolute atomic E-state index is 0.0331. The Morgan fingerprint density at radius 2 is 1.89 bits per heavy atom. The lowest BCUT2D eigenvalue weighted by atomic mass is 9.93. The van der Waals surface area contributed by atoms with Crippen molar-refractivity contribution in [3.05, 3.63) is 35.4 Å². The fourth-order valence-corrected chi connectivity index (χ4v) is 2.24. The first kappa shape index (κ1) is 13.0. The quantitative estimate of drug-likeness (QED) is 0.870. The van der Waals surface area contributed by atoms with E-state index in [-0.39, 0.29) is 12.0 Å². The van der Waals surface area contributed by atoms with Crippen LogP contribution in [0.4, 0.5) is 8.78 Å². The Morgan fingerprint density at radius 3 is 2.28 bits per heavy atom. The highest BCUT2D eigenvalue weighted by Gasteiger charge is 2.51. The van der Waals surface area contributed by atoms with E-state index in [1.807, 2.05) is 0 Å². The lowest BCUT2D eigenvalue weighted by Gasteiger charge is -2.17. The molecule has 0 radical (unpaired) electrons. The van der Waals surface area contributed by atoms with E-state index in [9.17, 15) is 13.6 Å². The van der Waals surface area contributed by atoms with Crippen LogP contribution in [0.2, 0.25) is 0 Å². The molecule has 4 heteroatoms. The van der Waals surface area contributed by atoms with Crippen molar-refractivity contribution in [2.45, 2.75) is 43.9 Å². The van der Waals surface area contributed by atoms with Crippen LogP contribution in [0.5, 0.6) is 0 Å². The van der Waals surface area contributed by atoms with E-state index in [1.165, 1.54) is 24.3 Å². The van der Waals surface area contributed by atoms with Gasteiger partial charge in [0, 0.05) is 12.0 Å². The zero-order valence-corrected chi connectivity index (χ0v) is 10.2. The van der Waals surface area contributed by atoms with Crippen molar-refractivity contribution in [3.8, 4) is 0 Å². The summed E-state index contributed by atoms with van der Waals surface area (Å²) >= 11 is 0. The molecule has 1 aliphatic carbocycles. The van der Waals surface area contributed by atoms with Crippen LogP contribution in [-0.2, 0) is 16.1 Å². The third-order valence-corrected chi connectivity index (χ3v) is 3.58. The summed E-state index contributed by atoms with van der Waals surface area (Å²) in [5.74, 6) is -3.69. The molecule has 1 N–H and O–H groups in total. The Hall–Kier alpha value is -1.45. The van der Waals surface area contributed by atoms with E-state index < -0.39 is 17.3 Å². The van der Waals surface area contributed by atoms with Crippen LogP contribution in [0.3, 0.4) is 0 Å². The van der Waals surface area contributed by atoms with Gasteiger partial charge in [-0.3, -0.25) is 4.79 Å². The first-order valence-electron chi connectivity index (χ1n) is 6.14. The van der Waals surface area contributed by atoms with Gasteiger partial charge in [0.05, 0.1) is 5.41 Å². The Balaban J connectivity index is 2.23. The van der Waals surface area contributed by atoms with E-state index in [0.717, 1.165) is 0 Å². The number of carboxylic acids is 1. The van der Waals surface area contributed by atoms with Crippen LogP contribution in [-0.4, -0.2) is 11.1 Å². The Bertz CT molecular complexity index is 447. The molecule has 0 heterocycles. The van der Waals surface area contributed by atoms with E-state index in [0.29, 0.717) is 24.8 Å². The van der Waals surface area contributed by atoms with Gasteiger partial charge in [0.25, 0.3) is 5.92 Å². The summed E-state index contributed by atoms with van der Waals surface area (Å²) in [4.78, 5) is 11.1. The summed E-state index contributed by atoms with van der Waals surface area (Å²) in [6.45, 7) is 1.71. The van der Waals surface area contributed by atoms with E-state index in [2.05, 4.69) is 0 Å². The standard InChI is InChI=1S/C14H16F2O2/c1-2-7-14(15,16)11-5-3-10(4-6-11)13(8-9-13)12(17)18/h3-6H,2,7-9H2,1H3,(H,17,18). The Morgan fingerprint density at radius 1 is 1.33 bits per heavy atom. The largest absolute Gasteiger partial charge is 0.481 e. The molecule has 1 aromatic carbocycles. The number of hydrogen-bond acceptors (Lipinski definition) is 1. The van der Waals surface area contributed by atoms with Crippen LogP contribution in [0, 0.1) is 0 Å². The van der Waals surface area contributed by atoms with Gasteiger partial charge < -0.3 is 5.11 Å². The van der Waals surface area contributed by atoms with E-state index in [1.54, 1.807) is 6.92 Å². The average Bonchev–Trinajstić information content (AvgIpc) is 3.10. The third kappa shape index (κ3) is 2.11. The molecule has 0 unspecified atom stereocenters. The maximum Gasteiger partial charge on any atom is 0.314 e. The van der Waals surface area contributed by atoms with Gasteiger partial charge in [-0.2, -0.15) is 0 Å². The number of hydrogen-bond donors (Lipinski definition) is 1. The zero-order valence-electron chi connectivity index (χ0n) is 10.2. The predicted octanol–water partition coefficient (Wildman–Crippen LogP) is 3.69. The number of rotatable bonds is 5. The lowest BCUT2D eigenvalue weighted by Crippen LogP contribution is -2.20. The Kier molecular flexibility index (Phi) is 3.13. The summed E-state index contributed by atoms with van der Waals surface area (Å²) < 4.78 is 27.3. The minimum Gasteiger partial charge on any atom is -0.481 e. The summed E-state index contributed by atoms with van der Waals surface area (Å²) in [5.41, 5.74) is -0.223. The molecular formula is C14H16F2O2. The molecule has 0 amide bonds. The van der Waals surface area contributed by atoms with Crippen molar-refractivity contribution in [2.75, 3.05) is 0 Å². The molecule has 0 saturated heterocycles. The van der Waals surface area contributed by atoms with Gasteiger partial charge in [-0.15, -0.1) is 0 Å². The summed E-state index contributed by atoms with van der Waals surface area (Å²) in [7, 11) is 0. The van der Waals surface area contributed by atoms with Gasteiger partial charge >= 0.3 is 5.97 Å². The normalized spacial score (nSPS) is 17.5. The number of alkyl halides is 2. The topological polar surface area (TPSA) is 37.3 Å². The van der Waals surface area contributed by atoms with Crippen LogP contribution in [0.25, 0.3) is 0 Å². The number of carboxylic acid groups (broad SMARTS) is 1. The molecule has 0 bridgehead atoms. The highest BCUT2D eigenvalue weighted by Crippen LogP contribution is 2.48. The molecule has 0 spiro atoms. The fourth-order valence-electron chi connectivity index (χ4n) is 2.24. The molecule has 2 rings (SSSR count). The first-order valence-corrected chi connectivity index (χ1v) is 6.14. The molecular weight excluding hydrogens is 238 g/mol. The van der Waals surface area contributed by atoms with Crippen molar-refractivity contribution < 1.29 is 18.7 Å². The highest BCUT2D eigenvalue weighted by molar-refractivity contribution is 5.84. The van der Waals surface area contributed by atoms with Crippen molar-refractivity contribution >= 4 is 5.97 Å². The fraction of sp³-hybridized carbons (Fsp3) is 0.500. The molecule has 1 saturated carbocycles. The maximum absolute atomic E-state index is 13.6. The molecule has 2 nitrogen and oxygen atoms in total. The van der Waals surface area contributed by atoms with Gasteiger partial charge in [0.2, 0.25) is 0 Å². The number of halogens is 2. The third-order valence-electron chi connectivity index (χ3n) is 3.58. The van der Waals surface area contributed by atoms with E-state index >= 15 is 0 Å². The number of aliphatic carboxylic acids is 1. The van der Waals surface area contributed by atoms with Gasteiger partial charge in [0.15, 0.2) is 0 Å². The monoisotopic (exact) mass is 254 g/mol. The number of benzene rings is 1. The summed E-state index contributed by atoms with van der Waals surface area (Å²) in [6.07, 6.45) is 1.41. The molecule has 1 fully saturated rings. The smallest absolute Gasteiger partial charge is 0.314 e. The minimum atomic E-state index is -2.83. The van der Waals surface area contributed by atoms with Gasteiger partial charge in [-0.05, 0) is 18.4 Å². The van der Waals surface area contributed by atoms with Gasteiger partial charge in [-0.25, -0.2) is 8.78 Å². The van der Waals surface area contributed by atoms with Crippen molar-refractivity contribution in [1.82, 2.24) is 0 Å². The highest BCUT2D eigenvalue weighted by atomic mass is 19.3. The molecule has 98 valence electrons. The summed E-state index contributed by atoms with van der Waals surface area (Å²) in [6, 6.07) is 5.77. The first-order chi connectivity index (χ1) is 8.42. The molecule has 1 aliphatic rings. The van der Waals surface area contributed by atoms with Crippen LogP contribution < -0.4 is 0 Å². The second-order valence-electron chi connectivity index (χ2n) is 4.92. The van der Waals surface area contributed by atoms with Crippen LogP contribution >= 0.6 is 0 Å². The van der Waals surface area contributed by atoms with Crippen LogP contribution in [0.15, 0.2) is 24.3 Å². The second kappa shape index (κ2) is 4.34. The van der Waals surface area contributed by atoms with Crippen molar-refractivity contribution in [3.63, 3.8) is 0 Å². The molecule has 0 aromatic heterocycles. The maximum atomic E-state index is 13.6. The zero-order chi connectivity index (χ0) is 13.4. The molecule has 0 atom stereocenters.